The number of amides is 1. The van der Waals surface area contributed by atoms with Crippen LogP contribution in [0.4, 0.5) is 5.69 Å². The number of carbonyl (C=O) groups excluding carboxylic acids is 1. The van der Waals surface area contributed by atoms with Crippen molar-refractivity contribution in [1.29, 1.82) is 0 Å². The maximum absolute atomic E-state index is 12.0. The molecule has 0 spiro atoms. The molecule has 2 unspecified atom stereocenters. The van der Waals surface area contributed by atoms with Gasteiger partial charge in [-0.25, -0.2) is 4.68 Å². The maximum Gasteiger partial charge on any atom is 0.228 e. The van der Waals surface area contributed by atoms with Gasteiger partial charge in [0.05, 0.1) is 29.7 Å². The largest absolute Gasteiger partial charge is 0.327 e. The average Bonchev–Trinajstić information content (AvgIpc) is 2.92. The molecule has 1 aromatic carbocycles. The van der Waals surface area contributed by atoms with Gasteiger partial charge in [-0.2, -0.15) is 0 Å². The molecular weight excluding hydrogens is 242 g/mol. The summed E-state index contributed by atoms with van der Waals surface area (Å²) in [4.78, 5) is 12.0. The molecule has 2 aromatic rings. The number of nitrogens with zero attached hydrogens (tertiary/aromatic N) is 3. The fraction of sp³-hybridized carbons (Fsp3) is 0.308. The molecule has 0 bridgehead atoms. The zero-order chi connectivity index (χ0) is 13.8. The van der Waals surface area contributed by atoms with Gasteiger partial charge in [0, 0.05) is 6.04 Å². The van der Waals surface area contributed by atoms with Crippen LogP contribution in [0.3, 0.4) is 0 Å². The normalized spacial score (nSPS) is 13.8. The quantitative estimate of drug-likeness (QED) is 0.863. The van der Waals surface area contributed by atoms with Crippen LogP contribution in [0.1, 0.15) is 13.8 Å². The van der Waals surface area contributed by atoms with Gasteiger partial charge in [0.1, 0.15) is 0 Å². The Morgan fingerprint density at radius 1 is 1.37 bits per heavy atom. The third-order valence-corrected chi connectivity index (χ3v) is 3.03. The number of aromatic nitrogens is 3. The third kappa shape index (κ3) is 2.97. The number of nitrogens with two attached hydrogens (primary N) is 1. The van der Waals surface area contributed by atoms with Crippen LogP contribution in [-0.4, -0.2) is 26.9 Å². The Morgan fingerprint density at radius 3 is 2.74 bits per heavy atom. The highest BCUT2D eigenvalue weighted by Crippen LogP contribution is 2.19. The van der Waals surface area contributed by atoms with Gasteiger partial charge in [0.2, 0.25) is 5.91 Å². The summed E-state index contributed by atoms with van der Waals surface area (Å²) in [5.41, 5.74) is 7.19. The summed E-state index contributed by atoms with van der Waals surface area (Å²) in [7, 11) is 0. The Hall–Kier alpha value is -2.21. The summed E-state index contributed by atoms with van der Waals surface area (Å²) in [6.07, 6.45) is 3.31. The predicted molar refractivity (Wildman–Crippen MR) is 72.8 cm³/mol. The number of nitrogens with one attached hydrogen (secondary N) is 1. The zero-order valence-corrected chi connectivity index (χ0v) is 10.9. The molecule has 100 valence electrons. The van der Waals surface area contributed by atoms with E-state index >= 15 is 0 Å². The summed E-state index contributed by atoms with van der Waals surface area (Å²) in [5.74, 6) is -0.369. The molecule has 2 atom stereocenters. The smallest absolute Gasteiger partial charge is 0.228 e. The molecule has 2 rings (SSSR count). The van der Waals surface area contributed by atoms with Gasteiger partial charge in [-0.05, 0) is 19.1 Å². The van der Waals surface area contributed by atoms with Crippen molar-refractivity contribution in [3.05, 3.63) is 36.7 Å². The molecule has 0 fully saturated rings. The minimum Gasteiger partial charge on any atom is -0.327 e. The van der Waals surface area contributed by atoms with Crippen molar-refractivity contribution in [2.45, 2.75) is 19.9 Å². The Labute approximate surface area is 111 Å². The summed E-state index contributed by atoms with van der Waals surface area (Å²) in [6.45, 7) is 3.62. The lowest BCUT2D eigenvalue weighted by atomic mass is 10.0. The van der Waals surface area contributed by atoms with E-state index in [4.69, 9.17) is 5.73 Å². The number of para-hydroxylation sites is 2. The maximum atomic E-state index is 12.0. The molecule has 1 amide bonds. The highest BCUT2D eigenvalue weighted by Gasteiger charge is 2.18. The highest BCUT2D eigenvalue weighted by molar-refractivity contribution is 5.94. The minimum absolute atomic E-state index is 0.109. The molecule has 3 N–H and O–H groups in total. The summed E-state index contributed by atoms with van der Waals surface area (Å²) in [6, 6.07) is 7.22. The minimum atomic E-state index is -0.260. The first-order valence-corrected chi connectivity index (χ1v) is 6.11. The number of hydrogen-bond donors (Lipinski definition) is 2. The molecule has 19 heavy (non-hydrogen) atoms. The molecule has 0 saturated heterocycles. The first-order chi connectivity index (χ1) is 9.09. The molecule has 0 aliphatic heterocycles. The molecule has 0 aliphatic rings. The van der Waals surface area contributed by atoms with E-state index in [-0.39, 0.29) is 17.9 Å². The molecule has 1 heterocycles. The van der Waals surface area contributed by atoms with Crippen LogP contribution < -0.4 is 11.1 Å². The van der Waals surface area contributed by atoms with Crippen molar-refractivity contribution in [3.63, 3.8) is 0 Å². The topological polar surface area (TPSA) is 85.8 Å². The standard InChI is InChI=1S/C13H17N5O/c1-9(10(2)14)13(19)16-11-5-3-4-6-12(11)18-8-7-15-17-18/h3-10H,14H2,1-2H3,(H,16,19). The van der Waals surface area contributed by atoms with E-state index in [2.05, 4.69) is 15.6 Å². The third-order valence-electron chi connectivity index (χ3n) is 3.03. The first-order valence-electron chi connectivity index (χ1n) is 6.11. The van der Waals surface area contributed by atoms with E-state index in [1.54, 1.807) is 24.0 Å². The van der Waals surface area contributed by atoms with Crippen molar-refractivity contribution in [2.75, 3.05) is 5.32 Å². The van der Waals surface area contributed by atoms with E-state index in [0.717, 1.165) is 5.69 Å². The van der Waals surface area contributed by atoms with Crippen LogP contribution in [0.2, 0.25) is 0 Å². The molecule has 6 heteroatoms. The fourth-order valence-electron chi connectivity index (χ4n) is 1.60. The predicted octanol–water partition coefficient (Wildman–Crippen LogP) is 1.19. The van der Waals surface area contributed by atoms with Crippen LogP contribution in [0.25, 0.3) is 5.69 Å². The van der Waals surface area contributed by atoms with Gasteiger partial charge >= 0.3 is 0 Å². The Morgan fingerprint density at radius 2 is 2.11 bits per heavy atom. The van der Waals surface area contributed by atoms with Crippen LogP contribution >= 0.6 is 0 Å². The van der Waals surface area contributed by atoms with E-state index in [1.807, 2.05) is 31.2 Å². The molecular formula is C13H17N5O. The second-order valence-corrected chi connectivity index (χ2v) is 4.50. The zero-order valence-electron chi connectivity index (χ0n) is 10.9. The number of carbonyl (C=O) groups is 1. The SMILES string of the molecule is CC(N)C(C)C(=O)Nc1ccccc1-n1ccnn1. The van der Waals surface area contributed by atoms with Gasteiger partial charge in [0.25, 0.3) is 0 Å². The summed E-state index contributed by atoms with van der Waals surface area (Å²) < 4.78 is 1.60. The Balaban J connectivity index is 2.24. The molecule has 0 aliphatic carbocycles. The average molecular weight is 259 g/mol. The number of rotatable bonds is 4. The van der Waals surface area contributed by atoms with Gasteiger partial charge in [-0.1, -0.05) is 24.3 Å². The number of anilines is 1. The van der Waals surface area contributed by atoms with E-state index in [0.29, 0.717) is 5.69 Å². The lowest BCUT2D eigenvalue weighted by Gasteiger charge is -2.17. The lowest BCUT2D eigenvalue weighted by Crippen LogP contribution is -2.34. The van der Waals surface area contributed by atoms with Crippen LogP contribution in [0.15, 0.2) is 36.7 Å². The molecule has 6 nitrogen and oxygen atoms in total. The van der Waals surface area contributed by atoms with E-state index in [9.17, 15) is 4.79 Å². The Kier molecular flexibility index (Phi) is 3.91. The van der Waals surface area contributed by atoms with Gasteiger partial charge < -0.3 is 11.1 Å². The summed E-state index contributed by atoms with van der Waals surface area (Å²) >= 11 is 0. The monoisotopic (exact) mass is 259 g/mol. The molecule has 0 saturated carbocycles. The van der Waals surface area contributed by atoms with Crippen molar-refractivity contribution >= 4 is 11.6 Å². The second kappa shape index (κ2) is 5.62. The van der Waals surface area contributed by atoms with Gasteiger partial charge in [-0.15, -0.1) is 5.10 Å². The van der Waals surface area contributed by atoms with Crippen LogP contribution in [-0.2, 0) is 4.79 Å². The first kappa shape index (κ1) is 13.2. The fourth-order valence-corrected chi connectivity index (χ4v) is 1.60. The van der Waals surface area contributed by atoms with E-state index in [1.165, 1.54) is 0 Å². The summed E-state index contributed by atoms with van der Waals surface area (Å²) in [5, 5.41) is 10.6. The second-order valence-electron chi connectivity index (χ2n) is 4.50. The van der Waals surface area contributed by atoms with E-state index < -0.39 is 0 Å². The number of benzene rings is 1. The van der Waals surface area contributed by atoms with Gasteiger partial charge in [0.15, 0.2) is 0 Å². The van der Waals surface area contributed by atoms with Crippen LogP contribution in [0.5, 0.6) is 0 Å². The Bertz CT molecular complexity index is 550. The number of hydrogen-bond acceptors (Lipinski definition) is 4. The highest BCUT2D eigenvalue weighted by atomic mass is 16.1. The molecule has 1 aromatic heterocycles. The van der Waals surface area contributed by atoms with Crippen molar-refractivity contribution in [1.82, 2.24) is 15.0 Å². The lowest BCUT2D eigenvalue weighted by molar-refractivity contribution is -0.119. The van der Waals surface area contributed by atoms with Crippen molar-refractivity contribution < 1.29 is 4.79 Å². The van der Waals surface area contributed by atoms with Crippen molar-refractivity contribution in [3.8, 4) is 5.69 Å². The molecule has 0 radical (unpaired) electrons. The van der Waals surface area contributed by atoms with Crippen molar-refractivity contribution in [2.24, 2.45) is 11.7 Å². The van der Waals surface area contributed by atoms with Crippen LogP contribution in [0, 0.1) is 5.92 Å². The van der Waals surface area contributed by atoms with Gasteiger partial charge in [-0.3, -0.25) is 4.79 Å².